The second-order valence-corrected chi connectivity index (χ2v) is 8.18. The Bertz CT molecular complexity index is 1220. The number of phenolic OH excluding ortho intramolecular Hbond substituents is 1. The van der Waals surface area contributed by atoms with Gasteiger partial charge in [-0.05, 0) is 42.5 Å². The molecule has 3 atom stereocenters. The van der Waals surface area contributed by atoms with E-state index in [-0.39, 0.29) is 28.9 Å². The maximum atomic E-state index is 12.8. The van der Waals surface area contributed by atoms with Gasteiger partial charge in [0.1, 0.15) is 11.8 Å². The number of Topliss-reactive ketones (excluding diaryl/α,β-unsaturated/α-hetero) is 1. The highest BCUT2D eigenvalue weighted by Gasteiger charge is 2.53. The second-order valence-electron chi connectivity index (χ2n) is 8.18. The summed E-state index contributed by atoms with van der Waals surface area (Å²) >= 11 is 0. The number of aromatic nitrogens is 2. The molecular formula is C25H21N3O2. The minimum atomic E-state index is -0.616. The van der Waals surface area contributed by atoms with Crippen LogP contribution in [0.1, 0.15) is 30.2 Å². The summed E-state index contributed by atoms with van der Waals surface area (Å²) < 4.78 is 0. The first kappa shape index (κ1) is 18.4. The molecule has 5 nitrogen and oxygen atoms in total. The van der Waals surface area contributed by atoms with Crippen LogP contribution in [-0.2, 0) is 16.6 Å². The zero-order chi connectivity index (χ0) is 20.9. The van der Waals surface area contributed by atoms with Gasteiger partial charge in [0.2, 0.25) is 0 Å². The molecule has 0 aliphatic heterocycles. The van der Waals surface area contributed by atoms with Gasteiger partial charge in [0.15, 0.2) is 5.78 Å². The van der Waals surface area contributed by atoms with E-state index in [1.807, 2.05) is 37.3 Å². The summed E-state index contributed by atoms with van der Waals surface area (Å²) in [4.78, 5) is 12.8. The summed E-state index contributed by atoms with van der Waals surface area (Å²) in [5.74, 6) is -0.107. The van der Waals surface area contributed by atoms with Gasteiger partial charge in [0.25, 0.3) is 0 Å². The minimum absolute atomic E-state index is 0.0366. The number of carbonyl (C=O) groups excluding carboxylic acids is 1. The van der Waals surface area contributed by atoms with E-state index >= 15 is 0 Å². The molecule has 0 radical (unpaired) electrons. The Morgan fingerprint density at radius 3 is 2.73 bits per heavy atom. The molecule has 1 heterocycles. The summed E-state index contributed by atoms with van der Waals surface area (Å²) in [5, 5.41) is 27.5. The summed E-state index contributed by atoms with van der Waals surface area (Å²) in [5.41, 5.74) is 4.32. The molecule has 5 rings (SSSR count). The molecule has 1 aromatic heterocycles. The van der Waals surface area contributed by atoms with Gasteiger partial charge in [-0.3, -0.25) is 9.89 Å². The largest absolute Gasteiger partial charge is 0.508 e. The fourth-order valence-electron chi connectivity index (χ4n) is 5.35. The van der Waals surface area contributed by atoms with E-state index in [0.29, 0.717) is 0 Å². The molecule has 5 heteroatoms. The van der Waals surface area contributed by atoms with Crippen molar-refractivity contribution in [1.82, 2.24) is 10.2 Å². The number of benzene rings is 2. The van der Waals surface area contributed by atoms with Crippen LogP contribution in [0.15, 0.2) is 66.2 Å². The molecule has 0 saturated carbocycles. The SMILES string of the molecule is C[C@H]1C(=O)C(C#N)=C[C@]2(c3ccccc3)c3[nH]nc(-c4cccc(O)c4)c3CC[C@H]12. The van der Waals surface area contributed by atoms with Crippen molar-refractivity contribution in [2.24, 2.45) is 11.8 Å². The second kappa shape index (κ2) is 6.70. The van der Waals surface area contributed by atoms with E-state index < -0.39 is 5.41 Å². The van der Waals surface area contributed by atoms with Gasteiger partial charge < -0.3 is 5.11 Å². The standard InChI is InChI=1S/C25H21N3O2/c1-15-21-11-10-20-22(16-6-5-9-19(29)12-16)27-28-24(20)25(21,13-17(14-26)23(15)30)18-7-3-2-4-8-18/h2-9,12-13,15,21,29H,10-11H2,1H3,(H,27,28)/t15-,21-,25-/m1/s1. The number of allylic oxidation sites excluding steroid dienone is 2. The fraction of sp³-hybridized carbons (Fsp3) is 0.240. The van der Waals surface area contributed by atoms with Gasteiger partial charge in [-0.1, -0.05) is 49.4 Å². The van der Waals surface area contributed by atoms with Crippen molar-refractivity contribution in [3.63, 3.8) is 0 Å². The van der Waals surface area contributed by atoms with Crippen LogP contribution in [0.25, 0.3) is 11.3 Å². The highest BCUT2D eigenvalue weighted by molar-refractivity contribution is 6.02. The number of nitrogens with zero attached hydrogens (tertiary/aromatic N) is 2. The van der Waals surface area contributed by atoms with Crippen molar-refractivity contribution in [2.45, 2.75) is 25.2 Å². The molecule has 2 aliphatic carbocycles. The van der Waals surface area contributed by atoms with Crippen molar-refractivity contribution >= 4 is 5.78 Å². The first-order valence-electron chi connectivity index (χ1n) is 10.2. The smallest absolute Gasteiger partial charge is 0.176 e. The van der Waals surface area contributed by atoms with Crippen LogP contribution >= 0.6 is 0 Å². The van der Waals surface area contributed by atoms with Crippen molar-refractivity contribution in [3.8, 4) is 23.1 Å². The maximum Gasteiger partial charge on any atom is 0.176 e. The molecule has 2 N–H and O–H groups in total. The summed E-state index contributed by atoms with van der Waals surface area (Å²) in [6.45, 7) is 1.94. The quantitative estimate of drug-likeness (QED) is 0.677. The Hall–Kier alpha value is -3.65. The van der Waals surface area contributed by atoms with Crippen LogP contribution in [-0.4, -0.2) is 21.1 Å². The lowest BCUT2D eigenvalue weighted by atomic mass is 9.54. The number of rotatable bonds is 2. The molecule has 148 valence electrons. The zero-order valence-corrected chi connectivity index (χ0v) is 16.6. The number of aromatic amines is 1. The number of nitrogens with one attached hydrogen (secondary N) is 1. The Morgan fingerprint density at radius 1 is 1.20 bits per heavy atom. The van der Waals surface area contributed by atoms with E-state index in [0.717, 1.165) is 40.9 Å². The van der Waals surface area contributed by atoms with Crippen LogP contribution in [0.4, 0.5) is 0 Å². The van der Waals surface area contributed by atoms with E-state index in [1.54, 1.807) is 18.2 Å². The third-order valence-corrected chi connectivity index (χ3v) is 6.72. The van der Waals surface area contributed by atoms with Gasteiger partial charge in [-0.15, -0.1) is 0 Å². The lowest BCUT2D eigenvalue weighted by Crippen LogP contribution is -2.48. The van der Waals surface area contributed by atoms with Crippen LogP contribution in [0, 0.1) is 23.2 Å². The van der Waals surface area contributed by atoms with E-state index in [2.05, 4.69) is 28.4 Å². The maximum absolute atomic E-state index is 12.8. The van der Waals surface area contributed by atoms with Crippen molar-refractivity contribution in [1.29, 1.82) is 5.26 Å². The van der Waals surface area contributed by atoms with E-state index in [9.17, 15) is 15.2 Å². The number of aromatic hydroxyl groups is 1. The number of phenols is 1. The van der Waals surface area contributed by atoms with Crippen LogP contribution < -0.4 is 0 Å². The Kier molecular flexibility index (Phi) is 4.11. The first-order chi connectivity index (χ1) is 14.6. The molecular weight excluding hydrogens is 374 g/mol. The van der Waals surface area contributed by atoms with Crippen LogP contribution in [0.2, 0.25) is 0 Å². The zero-order valence-electron chi connectivity index (χ0n) is 16.6. The third kappa shape index (κ3) is 2.47. The van der Waals surface area contributed by atoms with E-state index in [4.69, 9.17) is 0 Å². The highest BCUT2D eigenvalue weighted by Crippen LogP contribution is 2.54. The number of H-pyrrole nitrogens is 1. The Morgan fingerprint density at radius 2 is 2.00 bits per heavy atom. The van der Waals surface area contributed by atoms with Crippen molar-refractivity contribution < 1.29 is 9.90 Å². The van der Waals surface area contributed by atoms with E-state index in [1.165, 1.54) is 0 Å². The monoisotopic (exact) mass is 395 g/mol. The molecule has 0 unspecified atom stereocenters. The predicted octanol–water partition coefficient (Wildman–Crippen LogP) is 4.30. The van der Waals surface area contributed by atoms with Gasteiger partial charge in [0.05, 0.1) is 22.4 Å². The lowest BCUT2D eigenvalue weighted by Gasteiger charge is -2.47. The molecule has 3 aromatic rings. The average Bonchev–Trinajstić information content (AvgIpc) is 3.21. The van der Waals surface area contributed by atoms with Gasteiger partial charge in [0, 0.05) is 17.0 Å². The highest BCUT2D eigenvalue weighted by atomic mass is 16.3. The Balaban J connectivity index is 1.81. The number of nitriles is 1. The molecule has 0 fully saturated rings. The van der Waals surface area contributed by atoms with Gasteiger partial charge in [-0.25, -0.2) is 0 Å². The predicted molar refractivity (Wildman–Crippen MR) is 113 cm³/mol. The number of carbonyl (C=O) groups is 1. The van der Waals surface area contributed by atoms with Gasteiger partial charge >= 0.3 is 0 Å². The molecule has 2 aromatic carbocycles. The summed E-state index contributed by atoms with van der Waals surface area (Å²) in [7, 11) is 0. The average molecular weight is 395 g/mol. The molecule has 0 saturated heterocycles. The van der Waals surface area contributed by atoms with Crippen LogP contribution in [0.3, 0.4) is 0 Å². The van der Waals surface area contributed by atoms with Crippen LogP contribution in [0.5, 0.6) is 5.75 Å². The third-order valence-electron chi connectivity index (χ3n) is 6.72. The fourth-order valence-corrected chi connectivity index (χ4v) is 5.35. The topological polar surface area (TPSA) is 89.8 Å². The molecule has 0 amide bonds. The lowest BCUT2D eigenvalue weighted by molar-refractivity contribution is -0.121. The van der Waals surface area contributed by atoms with Crippen molar-refractivity contribution in [2.75, 3.05) is 0 Å². The number of hydrogen-bond donors (Lipinski definition) is 2. The summed E-state index contributed by atoms with van der Waals surface area (Å²) in [6.07, 6.45) is 3.45. The minimum Gasteiger partial charge on any atom is -0.508 e. The van der Waals surface area contributed by atoms with Crippen molar-refractivity contribution in [3.05, 3.63) is 83.1 Å². The molecule has 2 aliphatic rings. The number of hydrogen-bond acceptors (Lipinski definition) is 4. The number of fused-ring (bicyclic) bond motifs is 3. The Labute approximate surface area is 174 Å². The first-order valence-corrected chi connectivity index (χ1v) is 10.2. The molecule has 0 bridgehead atoms. The summed E-state index contributed by atoms with van der Waals surface area (Å²) in [6, 6.07) is 19.3. The molecule has 30 heavy (non-hydrogen) atoms. The molecule has 0 spiro atoms. The normalized spacial score (nSPS) is 25.1. The van der Waals surface area contributed by atoms with Gasteiger partial charge in [-0.2, -0.15) is 10.4 Å². The number of ketones is 1.